The Kier molecular flexibility index (Phi) is 5.70. The third kappa shape index (κ3) is 4.28. The van der Waals surface area contributed by atoms with Crippen LogP contribution in [0.5, 0.6) is 0 Å². The summed E-state index contributed by atoms with van der Waals surface area (Å²) in [4.78, 5) is 8.43. The first-order valence-corrected chi connectivity index (χ1v) is 11.0. The molecule has 158 valence electrons. The predicted molar refractivity (Wildman–Crippen MR) is 121 cm³/mol. The molecule has 0 saturated carbocycles. The average Bonchev–Trinajstić information content (AvgIpc) is 3.47. The fourth-order valence-electron chi connectivity index (χ4n) is 3.13. The quantitative estimate of drug-likeness (QED) is 0.285. The van der Waals surface area contributed by atoms with Gasteiger partial charge in [-0.05, 0) is 60.7 Å². The summed E-state index contributed by atoms with van der Waals surface area (Å²) in [5, 5.41) is 10.0. The van der Waals surface area contributed by atoms with Gasteiger partial charge in [0.1, 0.15) is 5.82 Å². The van der Waals surface area contributed by atoms with Crippen molar-refractivity contribution in [2.24, 2.45) is 0 Å². The van der Waals surface area contributed by atoms with E-state index < -0.39 is 0 Å². The number of halogens is 2. The molecule has 5 aromatic rings. The van der Waals surface area contributed by atoms with E-state index in [1.807, 2.05) is 28.8 Å². The van der Waals surface area contributed by atoms with Gasteiger partial charge < -0.3 is 4.42 Å². The van der Waals surface area contributed by atoms with Crippen molar-refractivity contribution in [3.63, 3.8) is 0 Å². The number of hydrogen-bond donors (Lipinski definition) is 0. The van der Waals surface area contributed by atoms with Gasteiger partial charge in [-0.25, -0.2) is 9.37 Å². The van der Waals surface area contributed by atoms with Crippen molar-refractivity contribution in [3.05, 3.63) is 96.0 Å². The maximum Gasteiger partial charge on any atom is 0.205 e. The summed E-state index contributed by atoms with van der Waals surface area (Å²) in [7, 11) is 0. The van der Waals surface area contributed by atoms with E-state index in [1.54, 1.807) is 42.9 Å². The van der Waals surface area contributed by atoms with Crippen LogP contribution in [0.25, 0.3) is 28.4 Å². The third-order valence-corrected chi connectivity index (χ3v) is 5.83. The molecule has 0 aliphatic carbocycles. The predicted octanol–water partition coefficient (Wildman–Crippen LogP) is 6.07. The minimum atomic E-state index is -0.309. The molecule has 0 fully saturated rings. The van der Waals surface area contributed by atoms with E-state index in [-0.39, 0.29) is 5.82 Å². The fourth-order valence-corrected chi connectivity index (χ4v) is 4.06. The van der Waals surface area contributed by atoms with Gasteiger partial charge in [0, 0.05) is 34.2 Å². The van der Waals surface area contributed by atoms with Crippen LogP contribution in [0, 0.1) is 5.82 Å². The summed E-state index contributed by atoms with van der Waals surface area (Å²) in [6, 6.07) is 17.3. The summed E-state index contributed by atoms with van der Waals surface area (Å²) >= 11 is 7.38. The van der Waals surface area contributed by atoms with Crippen LogP contribution < -0.4 is 0 Å². The lowest BCUT2D eigenvalue weighted by molar-refractivity contribution is 0.529. The summed E-state index contributed by atoms with van der Waals surface area (Å²) in [6.45, 7) is 0. The van der Waals surface area contributed by atoms with Crippen molar-refractivity contribution in [2.75, 3.05) is 0 Å². The van der Waals surface area contributed by atoms with Gasteiger partial charge in [-0.1, -0.05) is 23.4 Å². The molecule has 0 aliphatic rings. The van der Waals surface area contributed by atoms with Gasteiger partial charge in [0.25, 0.3) is 0 Å². The van der Waals surface area contributed by atoms with Crippen molar-refractivity contribution in [3.8, 4) is 28.4 Å². The second-order valence-corrected chi connectivity index (χ2v) is 8.15. The molecule has 0 atom stereocenters. The lowest BCUT2D eigenvalue weighted by Gasteiger charge is -2.10. The van der Waals surface area contributed by atoms with Crippen LogP contribution in [-0.2, 0) is 5.75 Å². The van der Waals surface area contributed by atoms with E-state index in [0.29, 0.717) is 33.4 Å². The molecule has 0 radical (unpaired) electrons. The van der Waals surface area contributed by atoms with E-state index in [9.17, 15) is 4.39 Å². The maximum atomic E-state index is 13.5. The molecule has 0 aliphatic heterocycles. The molecule has 0 unspecified atom stereocenters. The Hall–Kier alpha value is -3.49. The highest BCUT2D eigenvalue weighted by atomic mass is 35.5. The van der Waals surface area contributed by atoms with Gasteiger partial charge in [0.15, 0.2) is 16.7 Å². The number of benzene rings is 2. The van der Waals surface area contributed by atoms with Gasteiger partial charge in [-0.2, -0.15) is 0 Å². The highest BCUT2D eigenvalue weighted by Crippen LogP contribution is 2.30. The van der Waals surface area contributed by atoms with Crippen LogP contribution in [0.4, 0.5) is 4.39 Å². The zero-order valence-corrected chi connectivity index (χ0v) is 18.1. The zero-order chi connectivity index (χ0) is 21.9. The van der Waals surface area contributed by atoms with Crippen LogP contribution in [0.3, 0.4) is 0 Å². The van der Waals surface area contributed by atoms with Gasteiger partial charge in [-0.15, -0.1) is 10.2 Å². The summed E-state index contributed by atoms with van der Waals surface area (Å²) in [5.74, 6) is 1.99. The molecule has 3 heterocycles. The number of aromatic nitrogens is 5. The topological polar surface area (TPSA) is 69.6 Å². The van der Waals surface area contributed by atoms with Crippen LogP contribution in [0.2, 0.25) is 5.02 Å². The molecule has 3 aromatic heterocycles. The van der Waals surface area contributed by atoms with Gasteiger partial charge in [0.2, 0.25) is 5.89 Å². The van der Waals surface area contributed by atoms with E-state index in [4.69, 9.17) is 16.0 Å². The average molecular weight is 464 g/mol. The molecular formula is C23H15ClFN5OS. The van der Waals surface area contributed by atoms with Crippen LogP contribution in [0.1, 0.15) is 5.89 Å². The number of pyridine rings is 1. The largest absolute Gasteiger partial charge is 0.440 e. The third-order valence-electron chi connectivity index (χ3n) is 4.66. The number of hydrogen-bond acceptors (Lipinski definition) is 6. The molecule has 6 nitrogen and oxygen atoms in total. The van der Waals surface area contributed by atoms with Gasteiger partial charge >= 0.3 is 0 Å². The Morgan fingerprint density at radius 3 is 2.41 bits per heavy atom. The molecule has 2 aromatic carbocycles. The minimum Gasteiger partial charge on any atom is -0.440 e. The Morgan fingerprint density at radius 2 is 1.66 bits per heavy atom. The van der Waals surface area contributed by atoms with Crippen LogP contribution in [-0.4, -0.2) is 24.7 Å². The molecule has 0 bridgehead atoms. The molecular weight excluding hydrogens is 449 g/mol. The molecule has 32 heavy (non-hydrogen) atoms. The number of nitrogens with zero attached hydrogens (tertiary/aromatic N) is 5. The van der Waals surface area contributed by atoms with E-state index >= 15 is 0 Å². The Bertz CT molecular complexity index is 1340. The molecule has 0 amide bonds. The molecule has 0 saturated heterocycles. The standard InChI is InChI=1S/C23H15ClFN5OS/c24-17-3-1-15(2-4-17)20-13-27-21(31-20)14-32-23-29-28-22(16-9-11-26-12-10-16)30(23)19-7-5-18(25)6-8-19/h1-13H,14H2. The van der Waals surface area contributed by atoms with Crippen LogP contribution >= 0.6 is 23.4 Å². The lowest BCUT2D eigenvalue weighted by atomic mass is 10.2. The van der Waals surface area contributed by atoms with Crippen molar-refractivity contribution in [2.45, 2.75) is 10.9 Å². The molecule has 9 heteroatoms. The molecule has 0 N–H and O–H groups in total. The monoisotopic (exact) mass is 463 g/mol. The Morgan fingerprint density at radius 1 is 0.906 bits per heavy atom. The van der Waals surface area contributed by atoms with Crippen molar-refractivity contribution >= 4 is 23.4 Å². The normalized spacial score (nSPS) is 11.1. The summed E-state index contributed by atoms with van der Waals surface area (Å²) in [6.07, 6.45) is 5.07. The lowest BCUT2D eigenvalue weighted by Crippen LogP contribution is -2.00. The first-order chi connectivity index (χ1) is 15.7. The van der Waals surface area contributed by atoms with E-state index in [1.165, 1.54) is 23.9 Å². The summed E-state index contributed by atoms with van der Waals surface area (Å²) in [5.41, 5.74) is 2.50. The molecule has 5 rings (SSSR count). The van der Waals surface area contributed by atoms with Crippen molar-refractivity contribution in [1.29, 1.82) is 0 Å². The van der Waals surface area contributed by atoms with E-state index in [0.717, 1.165) is 16.8 Å². The maximum absolute atomic E-state index is 13.5. The number of rotatable bonds is 6. The Balaban J connectivity index is 1.43. The summed E-state index contributed by atoms with van der Waals surface area (Å²) < 4.78 is 21.3. The van der Waals surface area contributed by atoms with Crippen molar-refractivity contribution < 1.29 is 8.81 Å². The first-order valence-electron chi connectivity index (χ1n) is 9.62. The highest BCUT2D eigenvalue weighted by Gasteiger charge is 2.17. The minimum absolute atomic E-state index is 0.309. The second kappa shape index (κ2) is 8.94. The zero-order valence-electron chi connectivity index (χ0n) is 16.5. The molecule has 0 spiro atoms. The highest BCUT2D eigenvalue weighted by molar-refractivity contribution is 7.98. The Labute approximate surface area is 192 Å². The second-order valence-electron chi connectivity index (χ2n) is 6.77. The van der Waals surface area contributed by atoms with E-state index in [2.05, 4.69) is 20.2 Å². The number of thioether (sulfide) groups is 1. The SMILES string of the molecule is Fc1ccc(-n2c(SCc3ncc(-c4ccc(Cl)cc4)o3)nnc2-c2ccncc2)cc1. The van der Waals surface area contributed by atoms with Gasteiger partial charge in [0.05, 0.1) is 11.9 Å². The smallest absolute Gasteiger partial charge is 0.205 e. The first kappa shape index (κ1) is 20.4. The van der Waals surface area contributed by atoms with Crippen molar-refractivity contribution in [1.82, 2.24) is 24.7 Å². The van der Waals surface area contributed by atoms with Crippen LogP contribution in [0.15, 0.2) is 88.8 Å². The number of oxazole rings is 1. The van der Waals surface area contributed by atoms with Gasteiger partial charge in [-0.3, -0.25) is 9.55 Å². The fraction of sp³-hybridized carbons (Fsp3) is 0.0435.